The monoisotopic (exact) mass is 409 g/mol. The van der Waals surface area contributed by atoms with Gasteiger partial charge in [0.1, 0.15) is 11.5 Å². The summed E-state index contributed by atoms with van der Waals surface area (Å²) in [5.74, 6) is 1.64. The van der Waals surface area contributed by atoms with Gasteiger partial charge in [0.25, 0.3) is 5.91 Å². The van der Waals surface area contributed by atoms with Crippen molar-refractivity contribution in [2.24, 2.45) is 0 Å². The SMILES string of the molecule is CCOc1ccc(-c2nonc2NC(=O)C(C)Oc2cc(C)ccc2C(C)C)cc1. The van der Waals surface area contributed by atoms with Crippen molar-refractivity contribution in [3.05, 3.63) is 53.6 Å². The molecule has 1 N–H and O–H groups in total. The van der Waals surface area contributed by atoms with E-state index in [0.717, 1.165) is 22.4 Å². The topological polar surface area (TPSA) is 86.5 Å². The first-order valence-electron chi connectivity index (χ1n) is 10.0. The summed E-state index contributed by atoms with van der Waals surface area (Å²) in [6.45, 7) is 10.4. The van der Waals surface area contributed by atoms with Crippen molar-refractivity contribution in [1.82, 2.24) is 10.3 Å². The smallest absolute Gasteiger partial charge is 0.266 e. The van der Waals surface area contributed by atoms with E-state index in [-0.39, 0.29) is 17.6 Å². The third-order valence-electron chi connectivity index (χ3n) is 4.63. The number of carbonyl (C=O) groups is 1. The van der Waals surface area contributed by atoms with Crippen molar-refractivity contribution in [2.45, 2.75) is 46.6 Å². The Bertz CT molecular complexity index is 996. The molecule has 3 aromatic rings. The first-order chi connectivity index (χ1) is 14.4. The van der Waals surface area contributed by atoms with Gasteiger partial charge in [-0.05, 0) is 78.5 Å². The van der Waals surface area contributed by atoms with Crippen LogP contribution in [0.4, 0.5) is 5.82 Å². The molecular weight excluding hydrogens is 382 g/mol. The molecule has 2 aromatic carbocycles. The summed E-state index contributed by atoms with van der Waals surface area (Å²) < 4.78 is 16.3. The Morgan fingerprint density at radius 3 is 2.50 bits per heavy atom. The molecule has 7 heteroatoms. The molecule has 0 aliphatic heterocycles. The Labute approximate surface area is 176 Å². The molecule has 0 saturated carbocycles. The Balaban J connectivity index is 1.73. The number of aryl methyl sites for hydroxylation is 1. The Morgan fingerprint density at radius 1 is 1.10 bits per heavy atom. The second kappa shape index (κ2) is 9.43. The van der Waals surface area contributed by atoms with Crippen LogP contribution >= 0.6 is 0 Å². The van der Waals surface area contributed by atoms with Crippen LogP contribution in [0.5, 0.6) is 11.5 Å². The van der Waals surface area contributed by atoms with E-state index in [1.807, 2.05) is 56.3 Å². The highest BCUT2D eigenvalue weighted by Crippen LogP contribution is 2.29. The third-order valence-corrected chi connectivity index (χ3v) is 4.63. The quantitative estimate of drug-likeness (QED) is 0.565. The number of amides is 1. The molecule has 30 heavy (non-hydrogen) atoms. The number of hydrogen-bond acceptors (Lipinski definition) is 6. The summed E-state index contributed by atoms with van der Waals surface area (Å²) in [4.78, 5) is 12.7. The number of aromatic nitrogens is 2. The Morgan fingerprint density at radius 2 is 1.83 bits per heavy atom. The van der Waals surface area contributed by atoms with Crippen LogP contribution in [-0.4, -0.2) is 28.9 Å². The fourth-order valence-electron chi connectivity index (χ4n) is 3.02. The highest BCUT2D eigenvalue weighted by molar-refractivity contribution is 5.96. The summed E-state index contributed by atoms with van der Waals surface area (Å²) in [5, 5.41) is 10.5. The van der Waals surface area contributed by atoms with Crippen LogP contribution in [0.25, 0.3) is 11.3 Å². The van der Waals surface area contributed by atoms with Gasteiger partial charge in [0.2, 0.25) is 5.82 Å². The van der Waals surface area contributed by atoms with Crippen LogP contribution < -0.4 is 14.8 Å². The van der Waals surface area contributed by atoms with E-state index in [2.05, 4.69) is 29.5 Å². The lowest BCUT2D eigenvalue weighted by Gasteiger charge is -2.19. The minimum absolute atomic E-state index is 0.243. The molecule has 0 spiro atoms. The lowest BCUT2D eigenvalue weighted by Crippen LogP contribution is -2.30. The van der Waals surface area contributed by atoms with Crippen LogP contribution in [0.1, 0.15) is 44.7 Å². The van der Waals surface area contributed by atoms with Gasteiger partial charge in [0, 0.05) is 5.56 Å². The van der Waals surface area contributed by atoms with Crippen molar-refractivity contribution >= 4 is 11.7 Å². The van der Waals surface area contributed by atoms with Crippen LogP contribution in [0, 0.1) is 6.92 Å². The Hall–Kier alpha value is -3.35. The average molecular weight is 409 g/mol. The van der Waals surface area contributed by atoms with E-state index in [1.54, 1.807) is 6.92 Å². The molecule has 0 fully saturated rings. The third kappa shape index (κ3) is 4.97. The van der Waals surface area contributed by atoms with Gasteiger partial charge in [-0.1, -0.05) is 26.0 Å². The van der Waals surface area contributed by atoms with E-state index >= 15 is 0 Å². The number of hydrogen-bond donors (Lipinski definition) is 1. The fourth-order valence-corrected chi connectivity index (χ4v) is 3.02. The number of benzene rings is 2. The molecule has 0 aliphatic carbocycles. The molecule has 1 aromatic heterocycles. The van der Waals surface area contributed by atoms with Gasteiger partial charge in [-0.3, -0.25) is 4.79 Å². The Kier molecular flexibility index (Phi) is 6.72. The van der Waals surface area contributed by atoms with Crippen molar-refractivity contribution in [1.29, 1.82) is 0 Å². The van der Waals surface area contributed by atoms with Gasteiger partial charge in [-0.2, -0.15) is 0 Å². The second-order valence-corrected chi connectivity index (χ2v) is 7.36. The van der Waals surface area contributed by atoms with E-state index in [4.69, 9.17) is 14.1 Å². The van der Waals surface area contributed by atoms with Gasteiger partial charge in [-0.25, -0.2) is 4.63 Å². The van der Waals surface area contributed by atoms with Crippen molar-refractivity contribution in [3.8, 4) is 22.8 Å². The van der Waals surface area contributed by atoms with Gasteiger partial charge < -0.3 is 14.8 Å². The van der Waals surface area contributed by atoms with Crippen LogP contribution in [-0.2, 0) is 4.79 Å². The van der Waals surface area contributed by atoms with E-state index in [9.17, 15) is 4.79 Å². The largest absolute Gasteiger partial charge is 0.494 e. The first-order valence-corrected chi connectivity index (χ1v) is 10.0. The maximum Gasteiger partial charge on any atom is 0.266 e. The molecule has 0 radical (unpaired) electrons. The minimum atomic E-state index is -0.728. The molecule has 0 aliphatic rings. The van der Waals surface area contributed by atoms with E-state index in [1.165, 1.54) is 0 Å². The average Bonchev–Trinajstić information content (AvgIpc) is 3.16. The summed E-state index contributed by atoms with van der Waals surface area (Å²) in [5.41, 5.74) is 3.32. The lowest BCUT2D eigenvalue weighted by atomic mass is 10.0. The zero-order valence-electron chi connectivity index (χ0n) is 17.9. The standard InChI is InChI=1S/C23H27N3O4/c1-6-28-18-10-8-17(9-11-18)21-22(26-30-25-21)24-23(27)16(5)29-20-13-15(4)7-12-19(20)14(2)3/h7-14,16H,6H2,1-5H3,(H,24,26,27). The zero-order chi connectivity index (χ0) is 21.7. The number of ether oxygens (including phenoxy) is 2. The van der Waals surface area contributed by atoms with Crippen LogP contribution in [0.2, 0.25) is 0 Å². The molecule has 1 amide bonds. The molecule has 7 nitrogen and oxygen atoms in total. The normalized spacial score (nSPS) is 11.9. The predicted octanol–water partition coefficient (Wildman–Crippen LogP) is 4.97. The van der Waals surface area contributed by atoms with Gasteiger partial charge in [0.15, 0.2) is 11.8 Å². The van der Waals surface area contributed by atoms with Crippen LogP contribution in [0.3, 0.4) is 0 Å². The van der Waals surface area contributed by atoms with Gasteiger partial charge in [0.05, 0.1) is 6.61 Å². The molecule has 3 rings (SSSR count). The second-order valence-electron chi connectivity index (χ2n) is 7.36. The zero-order valence-corrected chi connectivity index (χ0v) is 17.9. The molecule has 1 atom stereocenters. The summed E-state index contributed by atoms with van der Waals surface area (Å²) in [7, 11) is 0. The van der Waals surface area contributed by atoms with E-state index < -0.39 is 6.10 Å². The van der Waals surface area contributed by atoms with Crippen LogP contribution in [0.15, 0.2) is 47.1 Å². The number of anilines is 1. The number of carbonyl (C=O) groups excluding carboxylic acids is 1. The van der Waals surface area contributed by atoms with Crippen molar-refractivity contribution < 1.29 is 18.9 Å². The molecule has 0 saturated heterocycles. The highest BCUT2D eigenvalue weighted by atomic mass is 16.6. The highest BCUT2D eigenvalue weighted by Gasteiger charge is 2.21. The minimum Gasteiger partial charge on any atom is -0.494 e. The summed E-state index contributed by atoms with van der Waals surface area (Å²) in [6.07, 6.45) is -0.728. The van der Waals surface area contributed by atoms with Gasteiger partial charge >= 0.3 is 0 Å². The molecule has 1 heterocycles. The van der Waals surface area contributed by atoms with Crippen molar-refractivity contribution in [2.75, 3.05) is 11.9 Å². The molecule has 0 bridgehead atoms. The lowest BCUT2D eigenvalue weighted by molar-refractivity contribution is -0.122. The maximum absolute atomic E-state index is 12.7. The number of nitrogens with one attached hydrogen (secondary N) is 1. The number of rotatable bonds is 8. The summed E-state index contributed by atoms with van der Waals surface area (Å²) >= 11 is 0. The fraction of sp³-hybridized carbons (Fsp3) is 0.348. The predicted molar refractivity (Wildman–Crippen MR) is 115 cm³/mol. The maximum atomic E-state index is 12.7. The van der Waals surface area contributed by atoms with E-state index in [0.29, 0.717) is 18.1 Å². The van der Waals surface area contributed by atoms with Gasteiger partial charge in [-0.15, -0.1) is 0 Å². The van der Waals surface area contributed by atoms with Crippen molar-refractivity contribution in [3.63, 3.8) is 0 Å². The summed E-state index contributed by atoms with van der Waals surface area (Å²) in [6, 6.07) is 13.3. The first kappa shape index (κ1) is 21.4. The molecule has 158 valence electrons. The number of nitrogens with zero attached hydrogens (tertiary/aromatic N) is 2. The molecular formula is C23H27N3O4. The molecule has 1 unspecified atom stereocenters.